The smallest absolute Gasteiger partial charge is 0.235 e. The topological polar surface area (TPSA) is 46.3 Å². The van der Waals surface area contributed by atoms with E-state index in [9.17, 15) is 4.79 Å². The van der Waals surface area contributed by atoms with Gasteiger partial charge >= 0.3 is 0 Å². The predicted molar refractivity (Wildman–Crippen MR) is 88.6 cm³/mol. The fourth-order valence-corrected chi connectivity index (χ4v) is 3.48. The number of amides is 1. The molecule has 0 aromatic carbocycles. The lowest BCUT2D eigenvalue weighted by Gasteiger charge is -2.39. The summed E-state index contributed by atoms with van der Waals surface area (Å²) in [6, 6.07) is 0. The Bertz CT molecular complexity index is 333. The van der Waals surface area contributed by atoms with Crippen molar-refractivity contribution in [3.63, 3.8) is 0 Å². The van der Waals surface area contributed by atoms with Crippen molar-refractivity contribution in [1.82, 2.24) is 4.90 Å². The second-order valence-corrected chi connectivity index (χ2v) is 6.53. The van der Waals surface area contributed by atoms with Crippen LogP contribution in [0.2, 0.25) is 0 Å². The van der Waals surface area contributed by atoms with Crippen molar-refractivity contribution in [2.45, 2.75) is 65.7 Å². The molecule has 0 radical (unpaired) electrons. The summed E-state index contributed by atoms with van der Waals surface area (Å²) in [5.41, 5.74) is 5.39. The normalized spacial score (nSPS) is 15.8. The Balaban J connectivity index is 2.90. The number of hydrogen-bond acceptors (Lipinski definition) is 2. The second kappa shape index (κ2) is 7.96. The van der Waals surface area contributed by atoms with Gasteiger partial charge in [0.1, 0.15) is 0 Å². The minimum atomic E-state index is -0.613. The first-order chi connectivity index (χ1) is 9.51. The summed E-state index contributed by atoms with van der Waals surface area (Å²) >= 11 is 5.29. The maximum atomic E-state index is 13.1. The average molecular weight is 298 g/mol. The van der Waals surface area contributed by atoms with Crippen LogP contribution in [0.3, 0.4) is 0 Å². The summed E-state index contributed by atoms with van der Waals surface area (Å²) in [7, 11) is 0. The molecule has 0 unspecified atom stereocenters. The van der Waals surface area contributed by atoms with Crippen LogP contribution in [0.1, 0.15) is 65.7 Å². The first-order valence-corrected chi connectivity index (χ1v) is 8.51. The zero-order valence-corrected chi connectivity index (χ0v) is 14.1. The first kappa shape index (κ1) is 17.4. The maximum absolute atomic E-state index is 13.1. The molecule has 1 amide bonds. The van der Waals surface area contributed by atoms with E-state index in [0.717, 1.165) is 38.8 Å². The number of nitrogens with two attached hydrogens (primary N) is 1. The minimum absolute atomic E-state index is 0.170. The Morgan fingerprint density at radius 2 is 1.80 bits per heavy atom. The van der Waals surface area contributed by atoms with Crippen molar-refractivity contribution in [1.29, 1.82) is 0 Å². The Labute approximate surface area is 129 Å². The van der Waals surface area contributed by atoms with Crippen LogP contribution in [-0.2, 0) is 4.79 Å². The molecule has 2 N–H and O–H groups in total. The van der Waals surface area contributed by atoms with Gasteiger partial charge in [0.15, 0.2) is 0 Å². The van der Waals surface area contributed by atoms with Gasteiger partial charge in [0, 0.05) is 13.1 Å². The van der Waals surface area contributed by atoms with Crippen molar-refractivity contribution in [2.75, 3.05) is 13.1 Å². The number of rotatable bonds is 9. The molecule has 1 fully saturated rings. The molecule has 0 atom stereocenters. The largest absolute Gasteiger partial charge is 0.392 e. The van der Waals surface area contributed by atoms with Gasteiger partial charge in [-0.3, -0.25) is 4.79 Å². The Kier molecular flexibility index (Phi) is 6.93. The standard InChI is InChI=1S/C16H30N2OS/c1-4-10-16(11-5-2,14(17)20)15(19)18(6-3)12-13-8-7-9-13/h13H,4-12H2,1-3H3,(H2,17,20). The van der Waals surface area contributed by atoms with Crippen LogP contribution in [0, 0.1) is 11.3 Å². The van der Waals surface area contributed by atoms with Crippen molar-refractivity contribution < 1.29 is 4.79 Å². The van der Waals surface area contributed by atoms with Crippen molar-refractivity contribution in [2.24, 2.45) is 17.1 Å². The molecule has 1 rings (SSSR count). The molecule has 1 aliphatic rings. The first-order valence-electron chi connectivity index (χ1n) is 8.11. The Morgan fingerprint density at radius 1 is 1.25 bits per heavy atom. The van der Waals surface area contributed by atoms with Gasteiger partial charge in [0.2, 0.25) is 5.91 Å². The molecule has 0 aromatic rings. The van der Waals surface area contributed by atoms with Crippen LogP contribution >= 0.6 is 12.2 Å². The van der Waals surface area contributed by atoms with Crippen LogP contribution in [0.4, 0.5) is 0 Å². The molecule has 1 saturated carbocycles. The molecule has 20 heavy (non-hydrogen) atoms. The molecular weight excluding hydrogens is 268 g/mol. The molecule has 0 aromatic heterocycles. The van der Waals surface area contributed by atoms with E-state index in [1.165, 1.54) is 19.3 Å². The third kappa shape index (κ3) is 3.72. The third-order valence-corrected chi connectivity index (χ3v) is 5.00. The highest BCUT2D eigenvalue weighted by atomic mass is 32.1. The van der Waals surface area contributed by atoms with E-state index in [1.54, 1.807) is 0 Å². The number of hydrogen-bond donors (Lipinski definition) is 1. The molecule has 0 heterocycles. The van der Waals surface area contributed by atoms with Gasteiger partial charge < -0.3 is 10.6 Å². The van der Waals surface area contributed by atoms with E-state index in [1.807, 2.05) is 4.90 Å². The van der Waals surface area contributed by atoms with E-state index in [0.29, 0.717) is 10.9 Å². The van der Waals surface area contributed by atoms with Crippen molar-refractivity contribution in [3.8, 4) is 0 Å². The Morgan fingerprint density at radius 3 is 2.10 bits per heavy atom. The zero-order chi connectivity index (χ0) is 15.2. The SMILES string of the molecule is CCCC(CCC)(C(=O)N(CC)CC1CCC1)C(N)=S. The van der Waals surface area contributed by atoms with Gasteiger partial charge in [-0.15, -0.1) is 0 Å². The van der Waals surface area contributed by atoms with E-state index < -0.39 is 5.41 Å². The predicted octanol–water partition coefficient (Wildman–Crippen LogP) is 3.51. The lowest BCUT2D eigenvalue weighted by atomic mass is 9.77. The second-order valence-electron chi connectivity index (χ2n) is 6.09. The van der Waals surface area contributed by atoms with Crippen LogP contribution in [-0.4, -0.2) is 28.9 Å². The van der Waals surface area contributed by atoms with Crippen LogP contribution in [0.15, 0.2) is 0 Å². The quantitative estimate of drug-likeness (QED) is 0.663. The number of nitrogens with zero attached hydrogens (tertiary/aromatic N) is 1. The summed E-state index contributed by atoms with van der Waals surface area (Å²) in [6.45, 7) is 7.88. The molecule has 0 aliphatic heterocycles. The van der Waals surface area contributed by atoms with Crippen LogP contribution < -0.4 is 5.73 Å². The highest BCUT2D eigenvalue weighted by Crippen LogP contribution is 2.35. The molecule has 4 heteroatoms. The summed E-state index contributed by atoms with van der Waals surface area (Å²) in [4.78, 5) is 15.4. The Hall–Kier alpha value is -0.640. The highest BCUT2D eigenvalue weighted by molar-refractivity contribution is 7.80. The molecule has 0 bridgehead atoms. The lowest BCUT2D eigenvalue weighted by Crippen LogP contribution is -2.52. The molecule has 116 valence electrons. The van der Waals surface area contributed by atoms with Crippen LogP contribution in [0.5, 0.6) is 0 Å². The van der Waals surface area contributed by atoms with E-state index in [-0.39, 0.29) is 5.91 Å². The van der Waals surface area contributed by atoms with E-state index in [2.05, 4.69) is 20.8 Å². The molecular formula is C16H30N2OS. The summed E-state index contributed by atoms with van der Waals surface area (Å²) in [5, 5.41) is 0. The van der Waals surface area contributed by atoms with Gasteiger partial charge in [-0.1, -0.05) is 45.3 Å². The number of carbonyl (C=O) groups excluding carboxylic acids is 1. The highest BCUT2D eigenvalue weighted by Gasteiger charge is 2.42. The molecule has 1 aliphatic carbocycles. The number of carbonyl (C=O) groups is 1. The summed E-state index contributed by atoms with van der Waals surface area (Å²) in [6.07, 6.45) is 7.23. The zero-order valence-electron chi connectivity index (χ0n) is 13.3. The van der Waals surface area contributed by atoms with Gasteiger partial charge in [0.25, 0.3) is 0 Å². The van der Waals surface area contributed by atoms with E-state index in [4.69, 9.17) is 18.0 Å². The van der Waals surface area contributed by atoms with Gasteiger partial charge in [0.05, 0.1) is 10.4 Å². The van der Waals surface area contributed by atoms with Crippen molar-refractivity contribution >= 4 is 23.1 Å². The fourth-order valence-electron chi connectivity index (χ4n) is 3.19. The average Bonchev–Trinajstić information content (AvgIpc) is 2.36. The molecule has 0 saturated heterocycles. The third-order valence-electron chi connectivity index (χ3n) is 4.61. The lowest BCUT2D eigenvalue weighted by molar-refractivity contribution is -0.140. The van der Waals surface area contributed by atoms with Gasteiger partial charge in [-0.2, -0.15) is 0 Å². The monoisotopic (exact) mass is 298 g/mol. The molecule has 0 spiro atoms. The van der Waals surface area contributed by atoms with E-state index >= 15 is 0 Å². The van der Waals surface area contributed by atoms with Gasteiger partial charge in [-0.05, 0) is 38.5 Å². The maximum Gasteiger partial charge on any atom is 0.235 e. The van der Waals surface area contributed by atoms with Crippen molar-refractivity contribution in [3.05, 3.63) is 0 Å². The summed E-state index contributed by atoms with van der Waals surface area (Å²) in [5.74, 6) is 0.856. The minimum Gasteiger partial charge on any atom is -0.392 e. The fraction of sp³-hybridized carbons (Fsp3) is 0.875. The van der Waals surface area contributed by atoms with Gasteiger partial charge in [-0.25, -0.2) is 0 Å². The number of thiocarbonyl (C=S) groups is 1. The summed E-state index contributed by atoms with van der Waals surface area (Å²) < 4.78 is 0. The van der Waals surface area contributed by atoms with Crippen LogP contribution in [0.25, 0.3) is 0 Å². The molecule has 3 nitrogen and oxygen atoms in total.